The minimum atomic E-state index is -0.456. The molecule has 6 nitrogen and oxygen atoms in total. The number of benzene rings is 3. The number of carbonyl (C=O) groups is 2. The summed E-state index contributed by atoms with van der Waals surface area (Å²) in [4.78, 5) is 28.8. The predicted octanol–water partition coefficient (Wildman–Crippen LogP) is 5.37. The molecular formula is C26H22N2O4. The molecule has 1 amide bonds. The largest absolute Gasteiger partial charge is 0.465 e. The molecule has 1 heterocycles. The minimum absolute atomic E-state index is 0.186. The lowest BCUT2D eigenvalue weighted by Crippen LogP contribution is -2.13. The summed E-state index contributed by atoms with van der Waals surface area (Å²) in [5, 5.41) is 2.80. The van der Waals surface area contributed by atoms with Crippen molar-refractivity contribution in [3.8, 4) is 22.6 Å². The second-order valence-electron chi connectivity index (χ2n) is 7.14. The van der Waals surface area contributed by atoms with Crippen LogP contribution in [0.4, 0.5) is 5.69 Å². The normalized spacial score (nSPS) is 10.5. The van der Waals surface area contributed by atoms with E-state index >= 15 is 0 Å². The smallest absolute Gasteiger partial charge is 0.337 e. The highest BCUT2D eigenvalue weighted by molar-refractivity contribution is 5.94. The van der Waals surface area contributed by atoms with Crippen molar-refractivity contribution in [1.29, 1.82) is 0 Å². The van der Waals surface area contributed by atoms with Gasteiger partial charge in [0.25, 0.3) is 0 Å². The third kappa shape index (κ3) is 4.92. The van der Waals surface area contributed by atoms with Gasteiger partial charge in [0.15, 0.2) is 11.7 Å². The highest BCUT2D eigenvalue weighted by Crippen LogP contribution is 2.32. The first-order chi connectivity index (χ1) is 15.6. The second kappa shape index (κ2) is 9.75. The Morgan fingerprint density at radius 1 is 0.906 bits per heavy atom. The number of esters is 1. The van der Waals surface area contributed by atoms with Gasteiger partial charge in [-0.15, -0.1) is 0 Å². The summed E-state index contributed by atoms with van der Waals surface area (Å²) in [6.07, 6.45) is 0.528. The first-order valence-electron chi connectivity index (χ1n) is 10.2. The Labute approximate surface area is 185 Å². The fourth-order valence-corrected chi connectivity index (χ4v) is 3.33. The lowest BCUT2D eigenvalue weighted by molar-refractivity contribution is -0.116. The Hall–Kier alpha value is -4.19. The van der Waals surface area contributed by atoms with Crippen molar-refractivity contribution in [2.75, 3.05) is 12.4 Å². The predicted molar refractivity (Wildman–Crippen MR) is 122 cm³/mol. The van der Waals surface area contributed by atoms with Gasteiger partial charge in [0.05, 0.1) is 12.7 Å². The van der Waals surface area contributed by atoms with E-state index in [1.807, 2.05) is 60.7 Å². The van der Waals surface area contributed by atoms with Crippen LogP contribution in [0.3, 0.4) is 0 Å². The first-order valence-corrected chi connectivity index (χ1v) is 10.2. The number of nitrogens with zero attached hydrogens (tertiary/aromatic N) is 1. The summed E-state index contributed by atoms with van der Waals surface area (Å²) in [6, 6.07) is 26.2. The zero-order valence-corrected chi connectivity index (χ0v) is 17.6. The van der Waals surface area contributed by atoms with E-state index < -0.39 is 5.97 Å². The van der Waals surface area contributed by atoms with E-state index in [0.29, 0.717) is 29.3 Å². The van der Waals surface area contributed by atoms with E-state index in [1.165, 1.54) is 7.11 Å². The molecule has 0 aliphatic carbocycles. The Morgan fingerprint density at radius 3 is 2.28 bits per heavy atom. The van der Waals surface area contributed by atoms with Crippen molar-refractivity contribution >= 4 is 17.6 Å². The van der Waals surface area contributed by atoms with Crippen molar-refractivity contribution < 1.29 is 18.7 Å². The Morgan fingerprint density at radius 2 is 1.59 bits per heavy atom. The maximum Gasteiger partial charge on any atom is 0.337 e. The number of hydrogen-bond donors (Lipinski definition) is 1. The molecule has 0 aliphatic heterocycles. The molecule has 0 bridgehead atoms. The van der Waals surface area contributed by atoms with Gasteiger partial charge in [-0.05, 0) is 18.2 Å². The van der Waals surface area contributed by atoms with Gasteiger partial charge in [0.2, 0.25) is 5.91 Å². The van der Waals surface area contributed by atoms with Crippen molar-refractivity contribution in [3.63, 3.8) is 0 Å². The van der Waals surface area contributed by atoms with E-state index in [9.17, 15) is 9.59 Å². The van der Waals surface area contributed by atoms with Gasteiger partial charge in [-0.1, -0.05) is 66.7 Å². The third-order valence-corrected chi connectivity index (χ3v) is 4.89. The molecule has 0 unspecified atom stereocenters. The molecule has 0 radical (unpaired) electrons. The van der Waals surface area contributed by atoms with E-state index in [-0.39, 0.29) is 12.3 Å². The summed E-state index contributed by atoms with van der Waals surface area (Å²) in [5.41, 5.74) is 3.52. The van der Waals surface area contributed by atoms with E-state index in [1.54, 1.807) is 24.3 Å². The molecule has 160 valence electrons. The Bertz CT molecular complexity index is 1160. The number of aryl methyl sites for hydroxylation is 1. The summed E-state index contributed by atoms with van der Waals surface area (Å²) in [7, 11) is 1.32. The minimum Gasteiger partial charge on any atom is -0.465 e. The molecule has 4 rings (SSSR count). The van der Waals surface area contributed by atoms with Gasteiger partial charge in [-0.2, -0.15) is 0 Å². The number of hydrogen-bond acceptors (Lipinski definition) is 5. The number of aromatic nitrogens is 1. The van der Waals surface area contributed by atoms with Crippen LogP contribution in [0.2, 0.25) is 0 Å². The monoisotopic (exact) mass is 426 g/mol. The highest BCUT2D eigenvalue weighted by Gasteiger charge is 2.17. The molecule has 32 heavy (non-hydrogen) atoms. The van der Waals surface area contributed by atoms with Crippen molar-refractivity contribution in [2.45, 2.75) is 12.8 Å². The van der Waals surface area contributed by atoms with Crippen LogP contribution in [-0.2, 0) is 16.0 Å². The molecule has 1 N–H and O–H groups in total. The fourth-order valence-electron chi connectivity index (χ4n) is 3.33. The van der Waals surface area contributed by atoms with Crippen molar-refractivity contribution in [2.24, 2.45) is 0 Å². The second-order valence-corrected chi connectivity index (χ2v) is 7.14. The number of rotatable bonds is 7. The van der Waals surface area contributed by atoms with Gasteiger partial charge in [-0.25, -0.2) is 9.78 Å². The Kier molecular flexibility index (Phi) is 6.41. The number of nitrogens with one attached hydrogen (secondary N) is 1. The van der Waals surface area contributed by atoms with Crippen LogP contribution in [0.15, 0.2) is 89.3 Å². The van der Waals surface area contributed by atoms with Gasteiger partial charge in [0, 0.05) is 29.7 Å². The van der Waals surface area contributed by atoms with Crippen LogP contribution in [0.25, 0.3) is 22.6 Å². The Balaban J connectivity index is 1.50. The molecule has 0 atom stereocenters. The third-order valence-electron chi connectivity index (χ3n) is 4.89. The molecule has 0 fully saturated rings. The molecule has 0 aliphatic rings. The maximum absolute atomic E-state index is 12.5. The number of carbonyl (C=O) groups excluding carboxylic acids is 2. The molecule has 0 saturated heterocycles. The number of oxazole rings is 1. The van der Waals surface area contributed by atoms with Gasteiger partial charge < -0.3 is 14.5 Å². The highest BCUT2D eigenvalue weighted by atomic mass is 16.5. The molecular weight excluding hydrogens is 404 g/mol. The van der Waals surface area contributed by atoms with Crippen LogP contribution in [0.1, 0.15) is 22.7 Å². The van der Waals surface area contributed by atoms with E-state index in [0.717, 1.165) is 16.8 Å². The summed E-state index contributed by atoms with van der Waals surface area (Å²) >= 11 is 0. The van der Waals surface area contributed by atoms with Crippen molar-refractivity contribution in [3.05, 3.63) is 96.4 Å². The van der Waals surface area contributed by atoms with Crippen molar-refractivity contribution in [1.82, 2.24) is 4.98 Å². The van der Waals surface area contributed by atoms with Crippen LogP contribution in [0.5, 0.6) is 0 Å². The zero-order valence-electron chi connectivity index (χ0n) is 17.6. The van der Waals surface area contributed by atoms with Crippen LogP contribution < -0.4 is 5.32 Å². The SMILES string of the molecule is COC(=O)c1cccc(NC(=O)CCc2nc(-c3ccccc3)c(-c3ccccc3)o2)c1. The van der Waals surface area contributed by atoms with Gasteiger partial charge >= 0.3 is 5.97 Å². The zero-order chi connectivity index (χ0) is 22.3. The molecule has 6 heteroatoms. The van der Waals surface area contributed by atoms with Gasteiger partial charge in [-0.3, -0.25) is 4.79 Å². The molecule has 0 saturated carbocycles. The maximum atomic E-state index is 12.5. The van der Waals surface area contributed by atoms with Crippen LogP contribution in [-0.4, -0.2) is 24.0 Å². The van der Waals surface area contributed by atoms with E-state index in [4.69, 9.17) is 9.15 Å². The fraction of sp³-hybridized carbons (Fsp3) is 0.115. The molecule has 1 aromatic heterocycles. The number of methoxy groups -OCH3 is 1. The lowest BCUT2D eigenvalue weighted by Gasteiger charge is -2.06. The molecule has 4 aromatic rings. The average molecular weight is 426 g/mol. The number of anilines is 1. The summed E-state index contributed by atoms with van der Waals surface area (Å²) in [5.74, 6) is 0.509. The topological polar surface area (TPSA) is 81.4 Å². The lowest BCUT2D eigenvalue weighted by atomic mass is 10.1. The molecule has 0 spiro atoms. The molecule has 3 aromatic carbocycles. The summed E-state index contributed by atoms with van der Waals surface area (Å²) in [6.45, 7) is 0. The number of ether oxygens (including phenoxy) is 1. The van der Waals surface area contributed by atoms with Crippen LogP contribution in [0, 0.1) is 0 Å². The van der Waals surface area contributed by atoms with Gasteiger partial charge in [0.1, 0.15) is 5.69 Å². The average Bonchev–Trinajstić information content (AvgIpc) is 3.28. The first kappa shape index (κ1) is 21.1. The summed E-state index contributed by atoms with van der Waals surface area (Å²) < 4.78 is 10.8. The number of amides is 1. The van der Waals surface area contributed by atoms with Crippen LogP contribution >= 0.6 is 0 Å². The van der Waals surface area contributed by atoms with E-state index in [2.05, 4.69) is 10.3 Å². The standard InChI is InChI=1S/C26H22N2O4/c1-31-26(30)20-13-8-14-21(17-20)27-22(29)15-16-23-28-24(18-9-4-2-5-10-18)25(32-23)19-11-6-3-7-12-19/h2-14,17H,15-16H2,1H3,(H,27,29). The quantitative estimate of drug-likeness (QED) is 0.402.